The predicted molar refractivity (Wildman–Crippen MR) is 431 cm³/mol. The van der Waals surface area contributed by atoms with Crippen LogP contribution >= 0.6 is 0 Å². The van der Waals surface area contributed by atoms with Gasteiger partial charge in [0.2, 0.25) is 68.5 Å². The molecule has 0 amide bonds. The van der Waals surface area contributed by atoms with Crippen molar-refractivity contribution in [2.75, 3.05) is 0 Å². The zero-order valence-electron chi connectivity index (χ0n) is 59.5. The van der Waals surface area contributed by atoms with Gasteiger partial charge in [-0.25, -0.2) is 0 Å². The SMILES string of the molecule is C1=CC2=[N+]3C1=C(c1ccccc1)c1ccc4n1C31n3c(ccc3=C(c3ccccc3)C3=[N+]1C(=C4c1ccccc1)C=C3)=C2c1ccccc1.C1=CC2=[N+]3C1=CC1=[N+]4C(=C(c5ccccc5)c5ccc6n5C43n3c(ccc3=C2c2ccccc2)=C6)C=C1.C1=CC2=[N+]3C1=Cc1ccc4n1C31n3c(ccc3=C4)=CC3=[N+]1C(=C2)C=C3. The largest absolute Gasteiger partial charge is 0.553 e. The Morgan fingerprint density at radius 2 is 0.532 bits per heavy atom. The van der Waals surface area contributed by atoms with Crippen LogP contribution in [0.4, 0.5) is 0 Å². The first-order valence-corrected chi connectivity index (χ1v) is 38.4. The molecule has 0 radical (unpaired) electrons. The van der Waals surface area contributed by atoms with Gasteiger partial charge < -0.3 is 0 Å². The van der Waals surface area contributed by atoms with Gasteiger partial charge in [0.15, 0.2) is 0 Å². The molecule has 6 aromatic carbocycles. The molecule has 111 heavy (non-hydrogen) atoms. The molecular weight excluding hydrogens is 1360 g/mol. The van der Waals surface area contributed by atoms with E-state index in [1.165, 1.54) is 202 Å². The van der Waals surface area contributed by atoms with Crippen LogP contribution in [0.25, 0.3) is 57.7 Å². The van der Waals surface area contributed by atoms with Crippen LogP contribution in [0, 0.1) is 0 Å². The highest BCUT2D eigenvalue weighted by Gasteiger charge is 2.75. The van der Waals surface area contributed by atoms with E-state index in [1.54, 1.807) is 0 Å². The Labute approximate surface area is 634 Å². The number of rotatable bonds is 6. The lowest BCUT2D eigenvalue weighted by Crippen LogP contribution is -2.71. The lowest BCUT2D eigenvalue weighted by molar-refractivity contribution is -0.836. The molecule has 0 aliphatic carbocycles. The van der Waals surface area contributed by atoms with Gasteiger partial charge in [-0.2, -0.15) is 27.4 Å². The third-order valence-electron chi connectivity index (χ3n) is 25.8. The zero-order chi connectivity index (χ0) is 71.6. The predicted octanol–water partition coefficient (Wildman–Crippen LogP) is 10.5. The number of nitrogens with zero attached hydrogens (tertiary/aromatic N) is 12. The van der Waals surface area contributed by atoms with Crippen molar-refractivity contribution in [2.24, 2.45) is 0 Å². The number of hydrogen-bond acceptors (Lipinski definition) is 0. The summed E-state index contributed by atoms with van der Waals surface area (Å²) in [6.45, 7) is 0. The molecule has 18 aliphatic rings. The van der Waals surface area contributed by atoms with Gasteiger partial charge >= 0.3 is 17.7 Å². The van der Waals surface area contributed by atoms with E-state index in [1.807, 2.05) is 0 Å². The van der Waals surface area contributed by atoms with Gasteiger partial charge in [-0.3, -0.25) is 0 Å². The van der Waals surface area contributed by atoms with Crippen molar-refractivity contribution in [3.05, 3.63) is 474 Å². The lowest BCUT2D eigenvalue weighted by atomic mass is 9.93. The second-order valence-corrected chi connectivity index (χ2v) is 30.9. The molecular formula is C99H60N12+6. The van der Waals surface area contributed by atoms with Crippen molar-refractivity contribution in [2.45, 2.75) is 17.7 Å². The highest BCUT2D eigenvalue weighted by atomic mass is 15.6. The Bertz CT molecular complexity index is 7580. The average molecular weight is 1420 g/mol. The quantitative estimate of drug-likeness (QED) is 0.149. The molecule has 18 aliphatic heterocycles. The summed E-state index contributed by atoms with van der Waals surface area (Å²) in [5.41, 5.74) is 37.1. The molecule has 0 bridgehead atoms. The third-order valence-corrected chi connectivity index (χ3v) is 25.8. The molecule has 12 heteroatoms. The van der Waals surface area contributed by atoms with Crippen molar-refractivity contribution in [3.8, 4) is 0 Å². The van der Waals surface area contributed by atoms with Crippen molar-refractivity contribution >= 4 is 92.0 Å². The summed E-state index contributed by atoms with van der Waals surface area (Å²) in [5, 5.41) is 7.41. The maximum absolute atomic E-state index is 2.64. The maximum Gasteiger partial charge on any atom is 0.553 e. The van der Waals surface area contributed by atoms with Crippen LogP contribution in [0.2, 0.25) is 0 Å². The van der Waals surface area contributed by atoms with Crippen molar-refractivity contribution in [1.82, 2.24) is 27.4 Å². The number of hydrogen-bond donors (Lipinski definition) is 0. The fourth-order valence-corrected chi connectivity index (χ4v) is 22.0. The van der Waals surface area contributed by atoms with Crippen LogP contribution in [0.15, 0.2) is 374 Å². The minimum absolute atomic E-state index is 0.433. The number of benzene rings is 6. The van der Waals surface area contributed by atoms with Crippen molar-refractivity contribution < 1.29 is 27.5 Å². The molecule has 3 spiro atoms. The summed E-state index contributed by atoms with van der Waals surface area (Å²) in [7, 11) is 0. The molecule has 24 heterocycles. The lowest BCUT2D eigenvalue weighted by Gasteiger charge is -2.41. The summed E-state index contributed by atoms with van der Waals surface area (Å²) < 4.78 is 30.7. The van der Waals surface area contributed by atoms with Crippen LogP contribution in [-0.2, 0) is 17.7 Å². The van der Waals surface area contributed by atoms with Gasteiger partial charge in [-0.15, -0.1) is 0 Å². The summed E-state index contributed by atoms with van der Waals surface area (Å²) >= 11 is 0. The smallest absolute Gasteiger partial charge is 0.199 e. The standard InChI is InChI=1S/C45H28N4.C33H20N4.C21H12N4/c1-5-13-29(14-6-1)41-33-21-23-35-42(30-15-7-2-8-16-30)37-25-27-39-44(32-19-11-4-12-20-32)40-28-26-38-43(31-17-9-3-10-18-31)36-24-22-34(41)47(36)45(46(33)35,48(37)39)49(38)40;1-3-7-21(8-4-1)31-27-15-11-23-19-25-13-17-29-32(22-9-5-2-6-10-22)30-18-14-26-20-24-12-16-28(31)35(24)33(34(23)27,36(25)29)37(26)30;1-2-14-10-16-5-6-18-12-20-8-7-19-11-17-4-3-15-9-13(1)22(14)21(23(15)17,24(16)18)25(19)20/h1-28H;1-20H;1-12H/q3*+2. The first-order valence-electron chi connectivity index (χ1n) is 38.4. The Morgan fingerprint density at radius 1 is 0.198 bits per heavy atom. The topological polar surface area (TPSA) is 47.6 Å². The van der Waals surface area contributed by atoms with E-state index in [4.69, 9.17) is 0 Å². The highest BCUT2D eigenvalue weighted by Crippen LogP contribution is 2.55. The normalized spacial score (nSPS) is 21.6. The Hall–Kier alpha value is -14.9. The van der Waals surface area contributed by atoms with Crippen molar-refractivity contribution in [1.29, 1.82) is 0 Å². The summed E-state index contributed by atoms with van der Waals surface area (Å²) in [6.07, 6.45) is 41.4. The zero-order valence-corrected chi connectivity index (χ0v) is 59.5. The second kappa shape index (κ2) is 19.6. The van der Waals surface area contributed by atoms with Crippen LogP contribution in [0.5, 0.6) is 0 Å². The molecule has 2 atom stereocenters. The molecule has 0 saturated heterocycles. The van der Waals surface area contributed by atoms with E-state index in [0.717, 1.165) is 0 Å². The molecule has 0 fully saturated rings. The monoisotopic (exact) mass is 1420 g/mol. The van der Waals surface area contributed by atoms with E-state index >= 15 is 0 Å². The Kier molecular flexibility index (Phi) is 10.2. The van der Waals surface area contributed by atoms with Gasteiger partial charge in [0, 0.05) is 85.1 Å². The molecule has 2 unspecified atom stereocenters. The summed E-state index contributed by atoms with van der Waals surface area (Å²) in [4.78, 5) is 0. The maximum atomic E-state index is 2.64. The number of aromatic nitrogens is 6. The Balaban J connectivity index is 0.0000000933. The van der Waals surface area contributed by atoms with Gasteiger partial charge in [-0.05, 0) is 118 Å². The van der Waals surface area contributed by atoms with Crippen LogP contribution in [0.1, 0.15) is 67.5 Å². The molecule has 30 rings (SSSR count). The molecule has 0 saturated carbocycles. The second-order valence-electron chi connectivity index (χ2n) is 30.9. The fraction of sp³-hybridized carbons (Fsp3) is 0.0303. The highest BCUT2D eigenvalue weighted by molar-refractivity contribution is 6.30. The van der Waals surface area contributed by atoms with E-state index in [-0.39, 0.29) is 0 Å². The van der Waals surface area contributed by atoms with E-state index in [2.05, 4.69) is 419 Å². The van der Waals surface area contributed by atoms with Crippen LogP contribution < -0.4 is 32.1 Å². The van der Waals surface area contributed by atoms with Crippen molar-refractivity contribution in [3.63, 3.8) is 0 Å². The van der Waals surface area contributed by atoms with Crippen LogP contribution in [0.3, 0.4) is 0 Å². The first-order chi connectivity index (χ1) is 55.1. The summed E-state index contributed by atoms with van der Waals surface area (Å²) in [6, 6.07) is 92.9. The van der Waals surface area contributed by atoms with E-state index < -0.39 is 17.7 Å². The molecule has 12 nitrogen and oxygen atoms in total. The Morgan fingerprint density at radius 3 is 1.07 bits per heavy atom. The third kappa shape index (κ3) is 6.47. The minimum atomic E-state index is -0.752. The molecule has 6 aromatic heterocycles. The summed E-state index contributed by atoms with van der Waals surface area (Å²) in [5.74, 6) is -1.78. The van der Waals surface area contributed by atoms with Gasteiger partial charge in [0.25, 0.3) is 0 Å². The fourth-order valence-electron chi connectivity index (χ4n) is 22.0. The van der Waals surface area contributed by atoms with Gasteiger partial charge in [0.05, 0.1) is 112 Å². The molecule has 12 aromatic rings. The van der Waals surface area contributed by atoms with Gasteiger partial charge in [0.1, 0.15) is 0 Å². The first kappa shape index (κ1) is 57.4. The molecule has 510 valence electrons. The number of allylic oxidation sites excluding steroid dienone is 14. The van der Waals surface area contributed by atoms with E-state index in [0.29, 0.717) is 0 Å². The minimum Gasteiger partial charge on any atom is -0.199 e. The van der Waals surface area contributed by atoms with Crippen LogP contribution in [-0.4, -0.2) is 89.1 Å². The van der Waals surface area contributed by atoms with Gasteiger partial charge in [-0.1, -0.05) is 209 Å². The average Bonchev–Trinajstić information content (AvgIpc) is 1.52. The van der Waals surface area contributed by atoms with E-state index in [9.17, 15) is 0 Å². The molecule has 0 N–H and O–H groups in total.